The summed E-state index contributed by atoms with van der Waals surface area (Å²) in [7, 11) is 1.54. The second-order valence-corrected chi connectivity index (χ2v) is 9.38. The number of hydrogen-bond donors (Lipinski definition) is 1. The molecule has 0 aliphatic carbocycles. The summed E-state index contributed by atoms with van der Waals surface area (Å²) < 4.78 is 13.2. The molecule has 0 saturated carbocycles. The molecular weight excluding hydrogens is 496 g/mol. The first-order chi connectivity index (χ1) is 18.9. The number of aliphatic hydroxyl groups is 1. The minimum Gasteiger partial charge on any atom is -0.505 e. The standard InChI is InChI=1S/C30H30N4O5/c1-4-5-15-39-22-12-11-21(16-23(22)38-3)27-25(28(35)26-19(2)32-24-10-6-7-14-33(24)26)29(36)30(37)34(27)18-20-9-8-13-31-17-20/h6-14,16-17,27,35H,4-5,15,18H2,1-3H3/b28-25+. The number of aliphatic hydroxyl groups excluding tert-OH is 1. The second-order valence-electron chi connectivity index (χ2n) is 9.38. The number of Topliss-reactive ketones (excluding diaryl/α,β-unsaturated/α-hetero) is 1. The predicted molar refractivity (Wildman–Crippen MR) is 145 cm³/mol. The molecule has 39 heavy (non-hydrogen) atoms. The summed E-state index contributed by atoms with van der Waals surface area (Å²) in [5.41, 5.74) is 2.86. The Labute approximate surface area is 226 Å². The second kappa shape index (κ2) is 11.0. The number of likely N-dealkylation sites (tertiary alicyclic amines) is 1. The van der Waals surface area contributed by atoms with Gasteiger partial charge in [-0.2, -0.15) is 0 Å². The summed E-state index contributed by atoms with van der Waals surface area (Å²) in [5, 5.41) is 11.7. The van der Waals surface area contributed by atoms with Crippen molar-refractivity contribution in [3.8, 4) is 11.5 Å². The minimum atomic E-state index is -0.877. The highest BCUT2D eigenvalue weighted by Crippen LogP contribution is 2.43. The highest BCUT2D eigenvalue weighted by Gasteiger charge is 2.47. The van der Waals surface area contributed by atoms with Gasteiger partial charge in [-0.25, -0.2) is 4.98 Å². The molecule has 1 aromatic carbocycles. The fourth-order valence-electron chi connectivity index (χ4n) is 4.90. The number of rotatable bonds is 9. The number of nitrogens with zero attached hydrogens (tertiary/aromatic N) is 4. The van der Waals surface area contributed by atoms with Crippen LogP contribution in [0.15, 0.2) is 72.7 Å². The van der Waals surface area contributed by atoms with Gasteiger partial charge in [-0.3, -0.25) is 19.0 Å². The van der Waals surface area contributed by atoms with E-state index >= 15 is 0 Å². The van der Waals surface area contributed by atoms with Crippen LogP contribution in [-0.4, -0.2) is 49.8 Å². The highest BCUT2D eigenvalue weighted by atomic mass is 16.5. The number of ether oxygens (including phenoxy) is 2. The lowest BCUT2D eigenvalue weighted by atomic mass is 9.95. The number of pyridine rings is 2. The molecule has 1 atom stereocenters. The average Bonchev–Trinajstić information content (AvgIpc) is 3.42. The Balaban J connectivity index is 1.67. The van der Waals surface area contributed by atoms with Gasteiger partial charge in [0, 0.05) is 25.1 Å². The molecule has 1 amide bonds. The molecule has 1 aliphatic rings. The van der Waals surface area contributed by atoms with Crippen LogP contribution in [0.5, 0.6) is 11.5 Å². The van der Waals surface area contributed by atoms with Crippen LogP contribution in [0, 0.1) is 6.92 Å². The molecule has 1 N–H and O–H groups in total. The summed E-state index contributed by atoms with van der Waals surface area (Å²) in [6, 6.07) is 13.5. The number of aryl methyl sites for hydroxylation is 1. The molecule has 9 nitrogen and oxygen atoms in total. The largest absolute Gasteiger partial charge is 0.505 e. The monoisotopic (exact) mass is 526 g/mol. The summed E-state index contributed by atoms with van der Waals surface area (Å²) in [6.07, 6.45) is 6.94. The number of methoxy groups -OCH3 is 1. The Bertz CT molecular complexity index is 1560. The van der Waals surface area contributed by atoms with Gasteiger partial charge in [-0.05, 0) is 54.8 Å². The molecular formula is C30H30N4O5. The highest BCUT2D eigenvalue weighted by molar-refractivity contribution is 6.46. The third-order valence-corrected chi connectivity index (χ3v) is 6.80. The molecule has 0 spiro atoms. The van der Waals surface area contributed by atoms with Crippen LogP contribution in [0.1, 0.15) is 48.3 Å². The SMILES string of the molecule is CCCCOc1ccc(C2/C(=C(\O)c3c(C)nc4ccccn34)C(=O)C(=O)N2Cc2cccnc2)cc1OC. The van der Waals surface area contributed by atoms with E-state index < -0.39 is 17.7 Å². The van der Waals surface area contributed by atoms with Crippen LogP contribution >= 0.6 is 0 Å². The van der Waals surface area contributed by atoms with Crippen molar-refractivity contribution in [2.45, 2.75) is 39.3 Å². The van der Waals surface area contributed by atoms with Gasteiger partial charge in [0.25, 0.3) is 11.7 Å². The van der Waals surface area contributed by atoms with Gasteiger partial charge in [0.1, 0.15) is 11.3 Å². The van der Waals surface area contributed by atoms with Crippen molar-refractivity contribution in [3.63, 3.8) is 0 Å². The molecule has 1 fully saturated rings. The number of carbonyl (C=O) groups excluding carboxylic acids is 2. The maximum absolute atomic E-state index is 13.6. The fraction of sp³-hybridized carbons (Fsp3) is 0.267. The van der Waals surface area contributed by atoms with Crippen LogP contribution < -0.4 is 9.47 Å². The number of amides is 1. The Morgan fingerprint density at radius 1 is 1.10 bits per heavy atom. The Hall–Kier alpha value is -4.66. The van der Waals surface area contributed by atoms with Crippen molar-refractivity contribution in [2.75, 3.05) is 13.7 Å². The molecule has 3 aromatic heterocycles. The quantitative estimate of drug-likeness (QED) is 0.144. The van der Waals surface area contributed by atoms with E-state index in [2.05, 4.69) is 16.9 Å². The topological polar surface area (TPSA) is 106 Å². The molecule has 4 heterocycles. The number of imidazole rings is 1. The van der Waals surface area contributed by atoms with Gasteiger partial charge in [0.05, 0.1) is 31.0 Å². The van der Waals surface area contributed by atoms with Crippen LogP contribution in [-0.2, 0) is 16.1 Å². The van der Waals surface area contributed by atoms with Gasteiger partial charge in [-0.1, -0.05) is 31.5 Å². The molecule has 9 heteroatoms. The maximum Gasteiger partial charge on any atom is 0.295 e. The summed E-state index contributed by atoms with van der Waals surface area (Å²) in [5.74, 6) is -0.725. The van der Waals surface area contributed by atoms with E-state index in [0.717, 1.165) is 18.4 Å². The number of hydrogen-bond acceptors (Lipinski definition) is 7. The van der Waals surface area contributed by atoms with Gasteiger partial charge in [-0.15, -0.1) is 0 Å². The zero-order valence-electron chi connectivity index (χ0n) is 22.1. The minimum absolute atomic E-state index is 0.0145. The molecule has 5 rings (SSSR count). The van der Waals surface area contributed by atoms with Crippen LogP contribution in [0.2, 0.25) is 0 Å². The van der Waals surface area contributed by atoms with Gasteiger partial charge in [0.15, 0.2) is 17.3 Å². The number of carbonyl (C=O) groups is 2. The van der Waals surface area contributed by atoms with Crippen molar-refractivity contribution in [2.24, 2.45) is 0 Å². The summed E-state index contributed by atoms with van der Waals surface area (Å²) in [4.78, 5) is 37.1. The Morgan fingerprint density at radius 2 is 1.95 bits per heavy atom. The lowest BCUT2D eigenvalue weighted by Gasteiger charge is -2.26. The van der Waals surface area contributed by atoms with Crippen molar-refractivity contribution in [1.82, 2.24) is 19.3 Å². The van der Waals surface area contributed by atoms with Crippen LogP contribution in [0.25, 0.3) is 11.4 Å². The van der Waals surface area contributed by atoms with E-state index in [-0.39, 0.29) is 17.9 Å². The lowest BCUT2D eigenvalue weighted by Crippen LogP contribution is -2.29. The van der Waals surface area contributed by atoms with E-state index in [4.69, 9.17) is 9.47 Å². The van der Waals surface area contributed by atoms with E-state index in [0.29, 0.717) is 40.7 Å². The molecule has 4 aromatic rings. The normalized spacial score (nSPS) is 16.7. The molecule has 0 bridgehead atoms. The average molecular weight is 527 g/mol. The number of ketones is 1. The van der Waals surface area contributed by atoms with Crippen molar-refractivity contribution in [3.05, 3.63) is 95.2 Å². The van der Waals surface area contributed by atoms with E-state index in [1.165, 1.54) is 4.90 Å². The lowest BCUT2D eigenvalue weighted by molar-refractivity contribution is -0.140. The van der Waals surface area contributed by atoms with Crippen molar-refractivity contribution >= 4 is 23.1 Å². The van der Waals surface area contributed by atoms with E-state index in [1.807, 2.05) is 24.3 Å². The van der Waals surface area contributed by atoms with Crippen molar-refractivity contribution in [1.29, 1.82) is 0 Å². The first kappa shape index (κ1) is 26.0. The van der Waals surface area contributed by atoms with Crippen LogP contribution in [0.4, 0.5) is 0 Å². The van der Waals surface area contributed by atoms with Crippen molar-refractivity contribution < 1.29 is 24.2 Å². The first-order valence-electron chi connectivity index (χ1n) is 12.9. The van der Waals surface area contributed by atoms with Crippen LogP contribution in [0.3, 0.4) is 0 Å². The molecule has 1 aliphatic heterocycles. The Morgan fingerprint density at radius 3 is 2.69 bits per heavy atom. The zero-order valence-corrected chi connectivity index (χ0v) is 22.1. The smallest absolute Gasteiger partial charge is 0.295 e. The summed E-state index contributed by atoms with van der Waals surface area (Å²) >= 11 is 0. The van der Waals surface area contributed by atoms with Gasteiger partial charge >= 0.3 is 0 Å². The van der Waals surface area contributed by atoms with E-state index in [1.54, 1.807) is 61.3 Å². The van der Waals surface area contributed by atoms with Gasteiger partial charge in [0.2, 0.25) is 0 Å². The molecule has 0 radical (unpaired) electrons. The fourth-order valence-corrected chi connectivity index (χ4v) is 4.90. The van der Waals surface area contributed by atoms with Gasteiger partial charge < -0.3 is 19.5 Å². The molecule has 200 valence electrons. The maximum atomic E-state index is 13.6. The predicted octanol–water partition coefficient (Wildman–Crippen LogP) is 4.85. The summed E-state index contributed by atoms with van der Waals surface area (Å²) in [6.45, 7) is 4.51. The van der Waals surface area contributed by atoms with E-state index in [9.17, 15) is 14.7 Å². The number of unbranched alkanes of at least 4 members (excludes halogenated alkanes) is 1. The zero-order chi connectivity index (χ0) is 27.5. The number of fused-ring (bicyclic) bond motifs is 1. The molecule has 1 saturated heterocycles. The Kier molecular flexibility index (Phi) is 7.31. The third kappa shape index (κ3) is 4.83. The molecule has 1 unspecified atom stereocenters. The number of benzene rings is 1. The third-order valence-electron chi connectivity index (χ3n) is 6.80. The number of aromatic nitrogens is 3. The first-order valence-corrected chi connectivity index (χ1v) is 12.9.